The summed E-state index contributed by atoms with van der Waals surface area (Å²) in [4.78, 5) is 2.41. The third-order valence-corrected chi connectivity index (χ3v) is 5.19. The maximum Gasteiger partial charge on any atom is 0.0521 e. The van der Waals surface area contributed by atoms with E-state index in [0.717, 1.165) is 29.6 Å². The van der Waals surface area contributed by atoms with Crippen LogP contribution >= 0.6 is 23.4 Å². The molecule has 2 rings (SSSR count). The predicted molar refractivity (Wildman–Crippen MR) is 84.2 cm³/mol. The number of likely N-dealkylation sites (tertiary alicyclic amines) is 1. The number of piperidine rings is 1. The zero-order valence-electron chi connectivity index (χ0n) is 11.4. The number of benzene rings is 1. The molecule has 0 radical (unpaired) electrons. The van der Waals surface area contributed by atoms with Crippen molar-refractivity contribution in [2.24, 2.45) is 5.92 Å². The molecule has 1 heterocycles. The largest absolute Gasteiger partial charge is 0.396 e. The van der Waals surface area contributed by atoms with Crippen molar-refractivity contribution in [2.75, 3.05) is 38.2 Å². The van der Waals surface area contributed by atoms with Gasteiger partial charge >= 0.3 is 0 Å². The quantitative estimate of drug-likeness (QED) is 0.845. The van der Waals surface area contributed by atoms with Gasteiger partial charge < -0.3 is 10.0 Å². The molecular weight excluding hydrogens is 278 g/mol. The summed E-state index contributed by atoms with van der Waals surface area (Å²) in [5.41, 5.74) is 1.41. The monoisotopic (exact) mass is 299 g/mol. The van der Waals surface area contributed by atoms with Crippen LogP contribution in [0.2, 0.25) is 5.02 Å². The number of aliphatic hydroxyl groups excluding tert-OH is 1. The highest BCUT2D eigenvalue weighted by atomic mass is 35.5. The first-order valence-electron chi connectivity index (χ1n) is 6.83. The zero-order chi connectivity index (χ0) is 13.7. The number of rotatable bonds is 5. The number of nitrogens with zero attached hydrogens (tertiary/aromatic N) is 1. The normalized spacial score (nSPS) is 24.6. The van der Waals surface area contributed by atoms with Gasteiger partial charge in [0.05, 0.1) is 6.61 Å². The summed E-state index contributed by atoms with van der Waals surface area (Å²) < 4.78 is 0. The molecule has 19 heavy (non-hydrogen) atoms. The molecule has 1 aliphatic rings. The standard InChI is InChI=1S/C15H22ClNOS/c1-17-7-6-15(12-2-4-14(16)5-3-12)13(10-17)11-19-9-8-18/h2-5,13,15,18H,6-11H2,1H3/t13-,15-/m1/s1. The van der Waals surface area contributed by atoms with Crippen LogP contribution in [0.25, 0.3) is 0 Å². The summed E-state index contributed by atoms with van der Waals surface area (Å²) in [5.74, 6) is 3.25. The van der Waals surface area contributed by atoms with Crippen molar-refractivity contribution >= 4 is 23.4 Å². The molecule has 4 heteroatoms. The molecule has 1 aromatic rings. The van der Waals surface area contributed by atoms with Gasteiger partial charge in [0.15, 0.2) is 0 Å². The number of halogens is 1. The first-order valence-corrected chi connectivity index (χ1v) is 8.36. The van der Waals surface area contributed by atoms with Crippen molar-refractivity contribution < 1.29 is 5.11 Å². The van der Waals surface area contributed by atoms with Crippen molar-refractivity contribution in [1.29, 1.82) is 0 Å². The van der Waals surface area contributed by atoms with E-state index in [1.165, 1.54) is 12.0 Å². The summed E-state index contributed by atoms with van der Waals surface area (Å²) in [6.45, 7) is 2.58. The Kier molecular flexibility index (Phi) is 6.02. The Morgan fingerprint density at radius 3 is 2.79 bits per heavy atom. The fourth-order valence-electron chi connectivity index (χ4n) is 2.83. The smallest absolute Gasteiger partial charge is 0.0521 e. The lowest BCUT2D eigenvalue weighted by atomic mass is 9.81. The van der Waals surface area contributed by atoms with Crippen LogP contribution in [0.5, 0.6) is 0 Å². The molecule has 1 fully saturated rings. The van der Waals surface area contributed by atoms with Crippen LogP contribution in [-0.4, -0.2) is 48.3 Å². The molecule has 0 bridgehead atoms. The summed E-state index contributed by atoms with van der Waals surface area (Å²) in [6.07, 6.45) is 1.21. The fraction of sp³-hybridized carbons (Fsp3) is 0.600. The van der Waals surface area contributed by atoms with E-state index >= 15 is 0 Å². The highest BCUT2D eigenvalue weighted by Gasteiger charge is 2.28. The topological polar surface area (TPSA) is 23.5 Å². The Hall–Kier alpha value is -0.220. The molecular formula is C15H22ClNOS. The summed E-state index contributed by atoms with van der Waals surface area (Å²) in [5, 5.41) is 9.72. The SMILES string of the molecule is CN1CC[C@H](c2ccc(Cl)cc2)[C@@H](CSCCO)C1. The molecule has 1 aliphatic heterocycles. The van der Waals surface area contributed by atoms with Gasteiger partial charge in [0, 0.05) is 17.3 Å². The third-order valence-electron chi connectivity index (χ3n) is 3.80. The first-order chi connectivity index (χ1) is 9.20. The molecule has 1 saturated heterocycles. The van der Waals surface area contributed by atoms with Gasteiger partial charge in [0.1, 0.15) is 0 Å². The number of hydrogen-bond acceptors (Lipinski definition) is 3. The van der Waals surface area contributed by atoms with E-state index in [1.54, 1.807) is 0 Å². The Morgan fingerprint density at radius 1 is 1.37 bits per heavy atom. The highest BCUT2D eigenvalue weighted by molar-refractivity contribution is 7.99. The van der Waals surface area contributed by atoms with E-state index < -0.39 is 0 Å². The molecule has 2 atom stereocenters. The van der Waals surface area contributed by atoms with Gasteiger partial charge in [-0.15, -0.1) is 0 Å². The molecule has 0 amide bonds. The maximum absolute atomic E-state index is 8.92. The molecule has 106 valence electrons. The van der Waals surface area contributed by atoms with Crippen LogP contribution < -0.4 is 0 Å². The van der Waals surface area contributed by atoms with E-state index in [1.807, 2.05) is 23.9 Å². The Morgan fingerprint density at radius 2 is 2.11 bits per heavy atom. The summed E-state index contributed by atoms with van der Waals surface area (Å²) >= 11 is 7.83. The Labute approximate surface area is 125 Å². The highest BCUT2D eigenvalue weighted by Crippen LogP contribution is 2.35. The van der Waals surface area contributed by atoms with Gasteiger partial charge in [-0.25, -0.2) is 0 Å². The van der Waals surface area contributed by atoms with E-state index in [4.69, 9.17) is 16.7 Å². The molecule has 1 aromatic carbocycles. The fourth-order valence-corrected chi connectivity index (χ4v) is 3.89. The summed E-state index contributed by atoms with van der Waals surface area (Å²) in [6, 6.07) is 8.32. The average molecular weight is 300 g/mol. The van der Waals surface area contributed by atoms with Crippen molar-refractivity contribution in [1.82, 2.24) is 4.90 Å². The van der Waals surface area contributed by atoms with Crippen LogP contribution in [0.3, 0.4) is 0 Å². The molecule has 0 unspecified atom stereocenters. The second-order valence-corrected chi connectivity index (χ2v) is 6.85. The minimum atomic E-state index is 0.277. The number of hydrogen-bond donors (Lipinski definition) is 1. The minimum absolute atomic E-state index is 0.277. The van der Waals surface area contributed by atoms with Gasteiger partial charge in [-0.2, -0.15) is 11.8 Å². The van der Waals surface area contributed by atoms with Crippen LogP contribution in [0, 0.1) is 5.92 Å². The van der Waals surface area contributed by atoms with Gasteiger partial charge in [-0.1, -0.05) is 23.7 Å². The van der Waals surface area contributed by atoms with Crippen molar-refractivity contribution in [3.63, 3.8) is 0 Å². The minimum Gasteiger partial charge on any atom is -0.396 e. The molecule has 1 N–H and O–H groups in total. The number of thioether (sulfide) groups is 1. The zero-order valence-corrected chi connectivity index (χ0v) is 13.0. The van der Waals surface area contributed by atoms with E-state index in [9.17, 15) is 0 Å². The molecule has 0 spiro atoms. The van der Waals surface area contributed by atoms with Crippen LogP contribution in [-0.2, 0) is 0 Å². The lowest BCUT2D eigenvalue weighted by Gasteiger charge is -2.37. The average Bonchev–Trinajstić information content (AvgIpc) is 2.41. The third kappa shape index (κ3) is 4.38. The van der Waals surface area contributed by atoms with Gasteiger partial charge in [0.2, 0.25) is 0 Å². The van der Waals surface area contributed by atoms with E-state index in [-0.39, 0.29) is 6.61 Å². The lowest BCUT2D eigenvalue weighted by molar-refractivity contribution is 0.198. The van der Waals surface area contributed by atoms with E-state index in [0.29, 0.717) is 11.8 Å². The van der Waals surface area contributed by atoms with Gasteiger partial charge in [-0.3, -0.25) is 0 Å². The van der Waals surface area contributed by atoms with Crippen LogP contribution in [0.4, 0.5) is 0 Å². The Balaban J connectivity index is 2.04. The van der Waals surface area contributed by atoms with Crippen LogP contribution in [0.1, 0.15) is 17.9 Å². The van der Waals surface area contributed by atoms with Crippen molar-refractivity contribution in [3.05, 3.63) is 34.9 Å². The summed E-state index contributed by atoms with van der Waals surface area (Å²) in [7, 11) is 2.20. The second-order valence-electron chi connectivity index (χ2n) is 5.27. The van der Waals surface area contributed by atoms with Crippen molar-refractivity contribution in [2.45, 2.75) is 12.3 Å². The van der Waals surface area contributed by atoms with E-state index in [2.05, 4.69) is 24.1 Å². The van der Waals surface area contributed by atoms with Gasteiger partial charge in [-0.05, 0) is 55.3 Å². The molecule has 0 aliphatic carbocycles. The maximum atomic E-state index is 8.92. The second kappa shape index (κ2) is 7.53. The molecule has 2 nitrogen and oxygen atoms in total. The number of aliphatic hydroxyl groups is 1. The Bertz CT molecular complexity index is 384. The lowest BCUT2D eigenvalue weighted by Crippen LogP contribution is -2.38. The molecule has 0 aromatic heterocycles. The van der Waals surface area contributed by atoms with Crippen molar-refractivity contribution in [3.8, 4) is 0 Å². The molecule has 0 saturated carbocycles. The first kappa shape index (κ1) is 15.2. The van der Waals surface area contributed by atoms with Gasteiger partial charge in [0.25, 0.3) is 0 Å². The predicted octanol–water partition coefficient (Wildman–Crippen LogP) is 3.10. The van der Waals surface area contributed by atoms with Crippen LogP contribution in [0.15, 0.2) is 24.3 Å².